The SMILES string of the molecule is Cc1cc(N2CCCC2)c(F)cc1C=NNC(=O)COc1cccc(Br)c1. The molecule has 0 radical (unpaired) electrons. The van der Waals surface area contributed by atoms with Crippen LogP contribution in [0.25, 0.3) is 0 Å². The lowest BCUT2D eigenvalue weighted by Crippen LogP contribution is -2.24. The van der Waals surface area contributed by atoms with Crippen LogP contribution < -0.4 is 15.1 Å². The zero-order valence-corrected chi connectivity index (χ0v) is 16.6. The summed E-state index contributed by atoms with van der Waals surface area (Å²) in [6.45, 7) is 3.52. The molecule has 0 spiro atoms. The lowest BCUT2D eigenvalue weighted by molar-refractivity contribution is -0.123. The predicted octanol–water partition coefficient (Wildman–Crippen LogP) is 4.03. The Bertz CT molecular complexity index is 851. The summed E-state index contributed by atoms with van der Waals surface area (Å²) >= 11 is 3.34. The van der Waals surface area contributed by atoms with Crippen LogP contribution in [0.2, 0.25) is 0 Å². The van der Waals surface area contributed by atoms with Gasteiger partial charge in [0.1, 0.15) is 11.6 Å². The second kappa shape index (κ2) is 8.99. The molecule has 0 aliphatic carbocycles. The van der Waals surface area contributed by atoms with Gasteiger partial charge in [0, 0.05) is 23.1 Å². The molecule has 1 amide bonds. The Morgan fingerprint density at radius 1 is 1.33 bits per heavy atom. The Balaban J connectivity index is 1.55. The number of halogens is 2. The molecule has 3 rings (SSSR count). The van der Waals surface area contributed by atoms with E-state index in [-0.39, 0.29) is 12.4 Å². The van der Waals surface area contributed by atoms with Crippen LogP contribution >= 0.6 is 15.9 Å². The van der Waals surface area contributed by atoms with Crippen LogP contribution in [-0.4, -0.2) is 31.8 Å². The molecule has 1 aliphatic heterocycles. The molecule has 142 valence electrons. The predicted molar refractivity (Wildman–Crippen MR) is 108 cm³/mol. The van der Waals surface area contributed by atoms with Crippen molar-refractivity contribution in [3.63, 3.8) is 0 Å². The summed E-state index contributed by atoms with van der Waals surface area (Å²) in [4.78, 5) is 13.9. The molecule has 1 heterocycles. The number of carbonyl (C=O) groups excluding carboxylic acids is 1. The minimum Gasteiger partial charge on any atom is -0.484 e. The molecule has 1 saturated heterocycles. The van der Waals surface area contributed by atoms with Gasteiger partial charge in [0.25, 0.3) is 5.91 Å². The first kappa shape index (κ1) is 19.4. The van der Waals surface area contributed by atoms with Gasteiger partial charge in [0.15, 0.2) is 6.61 Å². The summed E-state index contributed by atoms with van der Waals surface area (Å²) in [5.74, 6) is -0.0785. The standard InChI is InChI=1S/C20H21BrFN3O2/c1-14-9-19(25-7-2-3-8-25)18(22)10-15(14)12-23-24-20(26)13-27-17-6-4-5-16(21)11-17/h4-6,9-12H,2-3,7-8,13H2,1H3,(H,24,26). The molecule has 27 heavy (non-hydrogen) atoms. The van der Waals surface area contributed by atoms with Crippen molar-refractivity contribution < 1.29 is 13.9 Å². The Morgan fingerprint density at radius 3 is 2.85 bits per heavy atom. The van der Waals surface area contributed by atoms with Crippen molar-refractivity contribution in [2.75, 3.05) is 24.6 Å². The van der Waals surface area contributed by atoms with Gasteiger partial charge in [-0.3, -0.25) is 4.79 Å². The van der Waals surface area contributed by atoms with Gasteiger partial charge in [-0.15, -0.1) is 0 Å². The highest BCUT2D eigenvalue weighted by atomic mass is 79.9. The second-order valence-corrected chi connectivity index (χ2v) is 7.31. The number of hydrogen-bond donors (Lipinski definition) is 1. The smallest absolute Gasteiger partial charge is 0.277 e. The van der Waals surface area contributed by atoms with Crippen molar-refractivity contribution in [3.8, 4) is 5.75 Å². The van der Waals surface area contributed by atoms with Crippen LogP contribution in [0.4, 0.5) is 10.1 Å². The molecule has 0 saturated carbocycles. The Labute approximate surface area is 166 Å². The molecule has 0 atom stereocenters. The van der Waals surface area contributed by atoms with Crippen LogP contribution in [0, 0.1) is 12.7 Å². The lowest BCUT2D eigenvalue weighted by Gasteiger charge is -2.19. The van der Waals surface area contributed by atoms with E-state index in [1.54, 1.807) is 12.1 Å². The third kappa shape index (κ3) is 5.29. The van der Waals surface area contributed by atoms with E-state index in [9.17, 15) is 9.18 Å². The van der Waals surface area contributed by atoms with Crippen molar-refractivity contribution in [2.45, 2.75) is 19.8 Å². The van der Waals surface area contributed by atoms with Crippen molar-refractivity contribution >= 4 is 33.7 Å². The molecule has 1 aliphatic rings. The molecule has 7 heteroatoms. The van der Waals surface area contributed by atoms with Gasteiger partial charge in [0.2, 0.25) is 0 Å². The van der Waals surface area contributed by atoms with Gasteiger partial charge < -0.3 is 9.64 Å². The normalized spacial score (nSPS) is 14.0. The van der Waals surface area contributed by atoms with Crippen LogP contribution in [0.15, 0.2) is 46.0 Å². The van der Waals surface area contributed by atoms with E-state index in [4.69, 9.17) is 4.74 Å². The first-order valence-corrected chi connectivity index (χ1v) is 9.57. The molecule has 0 aromatic heterocycles. The Hall–Kier alpha value is -2.41. The van der Waals surface area contributed by atoms with Crippen molar-refractivity contribution in [1.82, 2.24) is 5.43 Å². The fourth-order valence-corrected chi connectivity index (χ4v) is 3.31. The minimum absolute atomic E-state index is 0.158. The van der Waals surface area contributed by atoms with E-state index < -0.39 is 5.91 Å². The number of ether oxygens (including phenoxy) is 1. The first-order chi connectivity index (χ1) is 13.0. The van der Waals surface area contributed by atoms with Crippen molar-refractivity contribution in [3.05, 3.63) is 57.8 Å². The Kier molecular flexibility index (Phi) is 6.45. The van der Waals surface area contributed by atoms with Crippen LogP contribution in [-0.2, 0) is 4.79 Å². The van der Waals surface area contributed by atoms with E-state index >= 15 is 0 Å². The van der Waals surface area contributed by atoms with Crippen molar-refractivity contribution in [1.29, 1.82) is 0 Å². The number of benzene rings is 2. The van der Waals surface area contributed by atoms with Gasteiger partial charge in [-0.1, -0.05) is 22.0 Å². The third-order valence-electron chi connectivity index (χ3n) is 4.34. The number of aryl methyl sites for hydroxylation is 1. The maximum atomic E-state index is 14.4. The highest BCUT2D eigenvalue weighted by molar-refractivity contribution is 9.10. The molecule has 1 N–H and O–H groups in total. The average molecular weight is 434 g/mol. The van der Waals surface area contributed by atoms with Crippen molar-refractivity contribution in [2.24, 2.45) is 5.10 Å². The summed E-state index contributed by atoms with van der Waals surface area (Å²) in [5.41, 5.74) is 4.56. The summed E-state index contributed by atoms with van der Waals surface area (Å²) in [7, 11) is 0. The fraction of sp³-hybridized carbons (Fsp3) is 0.300. The third-order valence-corrected chi connectivity index (χ3v) is 4.83. The minimum atomic E-state index is -0.391. The number of hydrogen-bond acceptors (Lipinski definition) is 4. The summed E-state index contributed by atoms with van der Waals surface area (Å²) < 4.78 is 20.6. The van der Waals surface area contributed by atoms with Crippen LogP contribution in [0.1, 0.15) is 24.0 Å². The number of hydrazone groups is 1. The zero-order chi connectivity index (χ0) is 19.2. The highest BCUT2D eigenvalue weighted by Gasteiger charge is 2.17. The summed E-state index contributed by atoms with van der Waals surface area (Å²) in [6.07, 6.45) is 3.63. The van der Waals surface area contributed by atoms with Gasteiger partial charge in [-0.2, -0.15) is 5.10 Å². The molecule has 2 aromatic carbocycles. The Morgan fingerprint density at radius 2 is 2.11 bits per heavy atom. The second-order valence-electron chi connectivity index (χ2n) is 6.39. The molecule has 0 bridgehead atoms. The van der Waals surface area contributed by atoms with E-state index in [2.05, 4.69) is 31.4 Å². The number of amides is 1. The number of anilines is 1. The quantitative estimate of drug-likeness (QED) is 0.552. The van der Waals surface area contributed by atoms with Gasteiger partial charge in [-0.25, -0.2) is 9.82 Å². The summed E-state index contributed by atoms with van der Waals surface area (Å²) in [5, 5.41) is 3.91. The monoisotopic (exact) mass is 433 g/mol. The maximum Gasteiger partial charge on any atom is 0.277 e. The first-order valence-electron chi connectivity index (χ1n) is 8.78. The van der Waals surface area contributed by atoms with Gasteiger partial charge in [-0.05, 0) is 55.7 Å². The largest absolute Gasteiger partial charge is 0.484 e. The highest BCUT2D eigenvalue weighted by Crippen LogP contribution is 2.26. The molecule has 1 fully saturated rings. The van der Waals surface area contributed by atoms with E-state index in [1.165, 1.54) is 12.3 Å². The fourth-order valence-electron chi connectivity index (χ4n) is 2.93. The molecular formula is C20H21BrFN3O2. The number of rotatable bonds is 6. The summed E-state index contributed by atoms with van der Waals surface area (Å²) in [6, 6.07) is 10.5. The van der Waals surface area contributed by atoms with E-state index in [0.29, 0.717) is 17.0 Å². The zero-order valence-electron chi connectivity index (χ0n) is 15.0. The molecule has 0 unspecified atom stereocenters. The molecule has 5 nitrogen and oxygen atoms in total. The van der Waals surface area contributed by atoms with Crippen LogP contribution in [0.5, 0.6) is 5.75 Å². The van der Waals surface area contributed by atoms with E-state index in [0.717, 1.165) is 36.0 Å². The number of nitrogens with one attached hydrogen (secondary N) is 1. The lowest BCUT2D eigenvalue weighted by atomic mass is 10.1. The van der Waals surface area contributed by atoms with Crippen LogP contribution in [0.3, 0.4) is 0 Å². The molecule has 2 aromatic rings. The number of carbonyl (C=O) groups is 1. The van der Waals surface area contributed by atoms with Gasteiger partial charge >= 0.3 is 0 Å². The van der Waals surface area contributed by atoms with E-state index in [1.807, 2.05) is 25.1 Å². The molecular weight excluding hydrogens is 413 g/mol. The average Bonchev–Trinajstić information content (AvgIpc) is 3.17. The van der Waals surface area contributed by atoms with Gasteiger partial charge in [0.05, 0.1) is 11.9 Å². The maximum absolute atomic E-state index is 14.4. The topological polar surface area (TPSA) is 53.9 Å². The number of nitrogens with zero attached hydrogens (tertiary/aromatic N) is 2.